The van der Waals surface area contributed by atoms with Crippen molar-refractivity contribution in [3.8, 4) is 0 Å². The number of benzene rings is 1. The van der Waals surface area contributed by atoms with Crippen LogP contribution in [-0.4, -0.2) is 31.2 Å². The molecule has 0 heterocycles. The van der Waals surface area contributed by atoms with Gasteiger partial charge in [0.05, 0.1) is 6.10 Å². The number of nitrogens with one attached hydrogen (secondary N) is 1. The second kappa shape index (κ2) is 7.16. The summed E-state index contributed by atoms with van der Waals surface area (Å²) >= 11 is 0. The predicted octanol–water partition coefficient (Wildman–Crippen LogP) is -0.826. The molecule has 1 aromatic rings. The standard InChI is InChI=1S/C9H13BNO2.Re/c1-11-6-9(12)7-4-2-3-5-8(7)10-13;/h2-5,9,11-13H,6H2,1H3;. The van der Waals surface area contributed by atoms with Gasteiger partial charge in [-0.2, -0.15) is 0 Å². The average Bonchev–Trinajstić information content (AvgIpc) is 2.18. The van der Waals surface area contributed by atoms with Crippen LogP contribution in [0.25, 0.3) is 0 Å². The third-order valence-corrected chi connectivity index (χ3v) is 1.89. The average molecular weight is 364 g/mol. The zero-order valence-electron chi connectivity index (χ0n) is 7.94. The fourth-order valence-corrected chi connectivity index (χ4v) is 1.24. The molecule has 0 spiro atoms. The molecule has 2 radical (unpaired) electrons. The Morgan fingerprint density at radius 3 is 2.64 bits per heavy atom. The molecule has 5 heteroatoms. The summed E-state index contributed by atoms with van der Waals surface area (Å²) in [7, 11) is 2.78. The smallest absolute Gasteiger partial charge is 0.327 e. The Hall–Kier alpha value is -0.173. The molecule has 76 valence electrons. The Bertz CT molecular complexity index is 273. The number of aliphatic hydroxyl groups excluding tert-OH is 1. The van der Waals surface area contributed by atoms with E-state index in [4.69, 9.17) is 5.02 Å². The maximum absolute atomic E-state index is 9.64. The van der Waals surface area contributed by atoms with Gasteiger partial charge in [-0.05, 0) is 18.1 Å². The Morgan fingerprint density at radius 2 is 2.07 bits per heavy atom. The molecular weight excluding hydrogens is 351 g/mol. The molecule has 0 saturated carbocycles. The maximum Gasteiger partial charge on any atom is 0.327 e. The molecule has 0 amide bonds. The molecule has 3 nitrogen and oxygen atoms in total. The van der Waals surface area contributed by atoms with Crippen LogP contribution >= 0.6 is 0 Å². The minimum atomic E-state index is -0.579. The molecule has 1 rings (SSSR count). The fraction of sp³-hybridized carbons (Fsp3) is 0.333. The van der Waals surface area contributed by atoms with Crippen molar-refractivity contribution in [2.45, 2.75) is 6.10 Å². The SMILES string of the molecule is CNCC(O)c1ccccc1[B]O.[Re]. The van der Waals surface area contributed by atoms with Crippen molar-refractivity contribution in [2.24, 2.45) is 0 Å². The normalized spacial score (nSPS) is 11.6. The van der Waals surface area contributed by atoms with Gasteiger partial charge < -0.3 is 15.4 Å². The molecule has 0 aliphatic heterocycles. The third-order valence-electron chi connectivity index (χ3n) is 1.89. The van der Waals surface area contributed by atoms with Crippen molar-refractivity contribution in [1.29, 1.82) is 0 Å². The van der Waals surface area contributed by atoms with Gasteiger partial charge in [-0.1, -0.05) is 24.3 Å². The van der Waals surface area contributed by atoms with Gasteiger partial charge in [0.25, 0.3) is 0 Å². The molecule has 0 saturated heterocycles. The quantitative estimate of drug-likeness (QED) is 0.612. The van der Waals surface area contributed by atoms with Gasteiger partial charge >= 0.3 is 7.48 Å². The Kier molecular flexibility index (Phi) is 7.07. The van der Waals surface area contributed by atoms with E-state index in [1.165, 1.54) is 0 Å². The minimum absolute atomic E-state index is 0. The van der Waals surface area contributed by atoms with Crippen molar-refractivity contribution in [2.75, 3.05) is 13.6 Å². The van der Waals surface area contributed by atoms with Gasteiger partial charge in [0.15, 0.2) is 0 Å². The van der Waals surface area contributed by atoms with E-state index < -0.39 is 6.10 Å². The van der Waals surface area contributed by atoms with Gasteiger partial charge in [-0.15, -0.1) is 0 Å². The van der Waals surface area contributed by atoms with E-state index in [0.29, 0.717) is 12.0 Å². The Balaban J connectivity index is 0.00000169. The van der Waals surface area contributed by atoms with E-state index in [-0.39, 0.29) is 20.4 Å². The first kappa shape index (κ1) is 13.8. The zero-order valence-corrected chi connectivity index (χ0v) is 10.7. The van der Waals surface area contributed by atoms with Gasteiger partial charge in [0, 0.05) is 27.0 Å². The number of rotatable bonds is 4. The summed E-state index contributed by atoms with van der Waals surface area (Å²) in [6, 6.07) is 7.21. The van der Waals surface area contributed by atoms with E-state index in [1.807, 2.05) is 12.1 Å². The van der Waals surface area contributed by atoms with E-state index in [2.05, 4.69) is 5.32 Å². The summed E-state index contributed by atoms with van der Waals surface area (Å²) < 4.78 is 0. The van der Waals surface area contributed by atoms with Gasteiger partial charge in [-0.25, -0.2) is 0 Å². The zero-order chi connectivity index (χ0) is 9.68. The van der Waals surface area contributed by atoms with Crippen molar-refractivity contribution < 1.29 is 30.6 Å². The summed E-state index contributed by atoms with van der Waals surface area (Å²) in [5.74, 6) is 0. The monoisotopic (exact) mass is 365 g/mol. The molecule has 0 fully saturated rings. The van der Waals surface area contributed by atoms with E-state index in [9.17, 15) is 5.11 Å². The summed E-state index contributed by atoms with van der Waals surface area (Å²) in [6.45, 7) is 0.477. The predicted molar refractivity (Wildman–Crippen MR) is 52.9 cm³/mol. The van der Waals surface area contributed by atoms with Gasteiger partial charge in [0.2, 0.25) is 0 Å². The van der Waals surface area contributed by atoms with Crippen LogP contribution in [-0.2, 0) is 20.4 Å². The molecule has 0 aromatic heterocycles. The molecule has 1 aromatic carbocycles. The Labute approximate surface area is 98.5 Å². The van der Waals surface area contributed by atoms with Crippen molar-refractivity contribution in [1.82, 2.24) is 5.32 Å². The van der Waals surface area contributed by atoms with Crippen LogP contribution in [0.2, 0.25) is 0 Å². The summed E-state index contributed by atoms with van der Waals surface area (Å²) in [4.78, 5) is 0. The second-order valence-electron chi connectivity index (χ2n) is 2.83. The first-order valence-electron chi connectivity index (χ1n) is 4.18. The minimum Gasteiger partial charge on any atom is -0.450 e. The van der Waals surface area contributed by atoms with Gasteiger partial charge in [0.1, 0.15) is 0 Å². The number of aliphatic hydroxyl groups is 1. The number of hydrogen-bond donors (Lipinski definition) is 3. The largest absolute Gasteiger partial charge is 0.450 e. The molecule has 0 bridgehead atoms. The van der Waals surface area contributed by atoms with Crippen LogP contribution in [0.3, 0.4) is 0 Å². The second-order valence-corrected chi connectivity index (χ2v) is 2.83. The molecular formula is C9H13BNO2Re. The summed E-state index contributed by atoms with van der Waals surface area (Å²) in [6.07, 6.45) is -0.579. The molecule has 0 aliphatic rings. The topological polar surface area (TPSA) is 52.5 Å². The molecule has 0 aliphatic carbocycles. The maximum atomic E-state index is 9.64. The Morgan fingerprint density at radius 1 is 1.43 bits per heavy atom. The van der Waals surface area contributed by atoms with Crippen LogP contribution < -0.4 is 10.8 Å². The first-order valence-corrected chi connectivity index (χ1v) is 4.18. The molecule has 3 N–H and O–H groups in total. The number of likely N-dealkylation sites (N-methyl/N-ethyl adjacent to an activating group) is 1. The van der Waals surface area contributed by atoms with Crippen LogP contribution in [0, 0.1) is 0 Å². The van der Waals surface area contributed by atoms with Crippen molar-refractivity contribution in [3.05, 3.63) is 29.8 Å². The number of hydrogen-bond acceptors (Lipinski definition) is 3. The van der Waals surface area contributed by atoms with Crippen molar-refractivity contribution >= 4 is 12.9 Å². The third kappa shape index (κ3) is 3.53. The fourth-order valence-electron chi connectivity index (χ4n) is 1.24. The summed E-state index contributed by atoms with van der Waals surface area (Å²) in [5.41, 5.74) is 1.39. The van der Waals surface area contributed by atoms with Crippen molar-refractivity contribution in [3.63, 3.8) is 0 Å². The van der Waals surface area contributed by atoms with E-state index >= 15 is 0 Å². The first-order chi connectivity index (χ1) is 6.29. The van der Waals surface area contributed by atoms with Crippen LogP contribution in [0.4, 0.5) is 0 Å². The van der Waals surface area contributed by atoms with E-state index in [0.717, 1.165) is 13.0 Å². The molecule has 1 unspecified atom stereocenters. The van der Waals surface area contributed by atoms with Crippen LogP contribution in [0.15, 0.2) is 24.3 Å². The molecule has 1 atom stereocenters. The van der Waals surface area contributed by atoms with Crippen LogP contribution in [0.5, 0.6) is 0 Å². The molecule has 14 heavy (non-hydrogen) atoms. The summed E-state index contributed by atoms with van der Waals surface area (Å²) in [5, 5.41) is 21.4. The van der Waals surface area contributed by atoms with Crippen LogP contribution in [0.1, 0.15) is 11.7 Å². The van der Waals surface area contributed by atoms with E-state index in [1.54, 1.807) is 19.2 Å². The van der Waals surface area contributed by atoms with Gasteiger partial charge in [-0.3, -0.25) is 0 Å².